The lowest BCUT2D eigenvalue weighted by Crippen LogP contribution is -2.50. The third-order valence-electron chi connectivity index (χ3n) is 6.46. The van der Waals surface area contributed by atoms with Crippen LogP contribution in [-0.4, -0.2) is 66.7 Å². The van der Waals surface area contributed by atoms with E-state index in [2.05, 4.69) is 24.1 Å². The van der Waals surface area contributed by atoms with E-state index in [1.54, 1.807) is 6.92 Å². The number of hydrogen-bond acceptors (Lipinski definition) is 4. The minimum absolute atomic E-state index is 0.0148. The van der Waals surface area contributed by atoms with Crippen molar-refractivity contribution < 1.29 is 14.4 Å². The molecule has 0 aromatic heterocycles. The van der Waals surface area contributed by atoms with Crippen molar-refractivity contribution in [2.75, 3.05) is 39.3 Å². The van der Waals surface area contributed by atoms with Crippen molar-refractivity contribution in [3.8, 4) is 0 Å². The number of hydrogen-bond donors (Lipinski definition) is 1. The molecule has 6 nitrogen and oxygen atoms in total. The molecule has 1 aliphatic heterocycles. The maximum atomic E-state index is 12.8. The topological polar surface area (TPSA) is 69.7 Å². The highest BCUT2D eigenvalue weighted by Gasteiger charge is 2.37. The molecule has 0 bridgehead atoms. The molecule has 2 fully saturated rings. The second-order valence-electron chi connectivity index (χ2n) is 8.57. The van der Waals surface area contributed by atoms with Crippen LogP contribution in [0.1, 0.15) is 53.4 Å². The Bertz CT molecular complexity index is 527. The van der Waals surface area contributed by atoms with Gasteiger partial charge in [0.25, 0.3) is 0 Å². The maximum Gasteiger partial charge on any atom is 0.223 e. The van der Waals surface area contributed by atoms with Gasteiger partial charge in [-0.15, -0.1) is 0 Å². The van der Waals surface area contributed by atoms with Gasteiger partial charge in [-0.2, -0.15) is 0 Å². The summed E-state index contributed by atoms with van der Waals surface area (Å²) in [5, 5.41) is 3.07. The molecule has 2 aliphatic rings. The molecule has 1 saturated heterocycles. The van der Waals surface area contributed by atoms with E-state index in [4.69, 9.17) is 0 Å². The number of carbonyl (C=O) groups is 3. The summed E-state index contributed by atoms with van der Waals surface area (Å²) in [5.74, 6) is 0.498. The van der Waals surface area contributed by atoms with Crippen LogP contribution in [0.25, 0.3) is 0 Å². The Balaban J connectivity index is 1.80. The predicted molar refractivity (Wildman–Crippen MR) is 106 cm³/mol. The first-order chi connectivity index (χ1) is 12.8. The van der Waals surface area contributed by atoms with Crippen molar-refractivity contribution in [1.82, 2.24) is 15.1 Å². The average molecular weight is 380 g/mol. The summed E-state index contributed by atoms with van der Waals surface area (Å²) >= 11 is 0. The normalized spacial score (nSPS) is 25.3. The van der Waals surface area contributed by atoms with Crippen LogP contribution in [0.15, 0.2) is 0 Å². The van der Waals surface area contributed by atoms with Crippen LogP contribution in [-0.2, 0) is 14.4 Å². The van der Waals surface area contributed by atoms with Gasteiger partial charge in [0.15, 0.2) is 0 Å². The first-order valence-corrected chi connectivity index (χ1v) is 10.6. The highest BCUT2D eigenvalue weighted by Crippen LogP contribution is 2.34. The summed E-state index contributed by atoms with van der Waals surface area (Å²) in [7, 11) is 0. The van der Waals surface area contributed by atoms with Gasteiger partial charge in [0.2, 0.25) is 11.8 Å². The fourth-order valence-corrected chi connectivity index (χ4v) is 4.21. The van der Waals surface area contributed by atoms with Crippen LogP contribution >= 0.6 is 0 Å². The van der Waals surface area contributed by atoms with Gasteiger partial charge in [-0.05, 0) is 18.8 Å². The lowest BCUT2D eigenvalue weighted by atomic mass is 9.72. The second-order valence-corrected chi connectivity index (χ2v) is 8.57. The quantitative estimate of drug-likeness (QED) is 0.734. The third-order valence-corrected chi connectivity index (χ3v) is 6.46. The highest BCUT2D eigenvalue weighted by molar-refractivity contribution is 5.90. The summed E-state index contributed by atoms with van der Waals surface area (Å²) in [6, 6.07) is 0. The van der Waals surface area contributed by atoms with Crippen LogP contribution < -0.4 is 5.32 Å². The van der Waals surface area contributed by atoms with Crippen molar-refractivity contribution in [3.05, 3.63) is 0 Å². The molecule has 0 aromatic carbocycles. The number of nitrogens with zero attached hydrogens (tertiary/aromatic N) is 2. The fraction of sp³-hybridized carbons (Fsp3) is 0.857. The summed E-state index contributed by atoms with van der Waals surface area (Å²) < 4.78 is 0. The fourth-order valence-electron chi connectivity index (χ4n) is 4.21. The van der Waals surface area contributed by atoms with E-state index in [-0.39, 0.29) is 35.4 Å². The third kappa shape index (κ3) is 6.03. The molecule has 6 heteroatoms. The van der Waals surface area contributed by atoms with Crippen LogP contribution in [0.2, 0.25) is 0 Å². The molecule has 1 heterocycles. The molecule has 27 heavy (non-hydrogen) atoms. The molecule has 2 rings (SSSR count). The van der Waals surface area contributed by atoms with Gasteiger partial charge < -0.3 is 10.2 Å². The van der Waals surface area contributed by atoms with E-state index in [1.807, 2.05) is 11.8 Å². The van der Waals surface area contributed by atoms with Gasteiger partial charge in [0.05, 0.1) is 0 Å². The Kier molecular flexibility index (Phi) is 8.27. The van der Waals surface area contributed by atoms with E-state index >= 15 is 0 Å². The Morgan fingerprint density at radius 2 is 1.56 bits per heavy atom. The number of nitrogens with one attached hydrogen (secondary N) is 1. The molecule has 1 N–H and O–H groups in total. The second kappa shape index (κ2) is 10.2. The molecule has 0 aromatic rings. The van der Waals surface area contributed by atoms with Gasteiger partial charge >= 0.3 is 0 Å². The standard InChI is InChI=1S/C21H37N3O3/c1-15(2)16(3)20(26)18-7-5-6-8-19(18)21(27)22-9-10-23-11-13-24(14-12-23)17(4)25/h15-16,18-19H,5-14H2,1-4H3,(H,22,27)/t16-,18+,19-/m0/s1. The summed E-state index contributed by atoms with van der Waals surface area (Å²) in [4.78, 5) is 41.1. The monoisotopic (exact) mass is 379 g/mol. The molecule has 1 aliphatic carbocycles. The lowest BCUT2D eigenvalue weighted by Gasteiger charge is -2.35. The van der Waals surface area contributed by atoms with Crippen molar-refractivity contribution in [3.63, 3.8) is 0 Å². The van der Waals surface area contributed by atoms with Gasteiger partial charge in [-0.25, -0.2) is 0 Å². The van der Waals surface area contributed by atoms with Crippen molar-refractivity contribution in [2.24, 2.45) is 23.7 Å². The predicted octanol–water partition coefficient (Wildman–Crippen LogP) is 1.93. The van der Waals surface area contributed by atoms with Crippen molar-refractivity contribution in [1.29, 1.82) is 0 Å². The molecule has 0 radical (unpaired) electrons. The van der Waals surface area contributed by atoms with E-state index in [0.29, 0.717) is 12.5 Å². The minimum atomic E-state index is -0.165. The maximum absolute atomic E-state index is 12.8. The minimum Gasteiger partial charge on any atom is -0.355 e. The Morgan fingerprint density at radius 3 is 2.11 bits per heavy atom. The summed E-state index contributed by atoms with van der Waals surface area (Å²) in [5.41, 5.74) is 0. The molecule has 2 amide bonds. The number of ketones is 1. The zero-order valence-corrected chi connectivity index (χ0v) is 17.5. The smallest absolute Gasteiger partial charge is 0.223 e. The van der Waals surface area contributed by atoms with Gasteiger partial charge in [0.1, 0.15) is 5.78 Å². The van der Waals surface area contributed by atoms with Crippen LogP contribution in [0.3, 0.4) is 0 Å². The first kappa shape index (κ1) is 21.9. The molecule has 0 unspecified atom stereocenters. The Hall–Kier alpha value is -1.43. The van der Waals surface area contributed by atoms with Gasteiger partial charge in [-0.3, -0.25) is 19.3 Å². The van der Waals surface area contributed by atoms with E-state index in [9.17, 15) is 14.4 Å². The van der Waals surface area contributed by atoms with Crippen LogP contribution in [0.4, 0.5) is 0 Å². The molecular weight excluding hydrogens is 342 g/mol. The first-order valence-electron chi connectivity index (χ1n) is 10.6. The molecule has 154 valence electrons. The number of carbonyl (C=O) groups excluding carboxylic acids is 3. The van der Waals surface area contributed by atoms with Gasteiger partial charge in [-0.1, -0.05) is 33.6 Å². The number of piperazine rings is 1. The van der Waals surface area contributed by atoms with Crippen LogP contribution in [0, 0.1) is 23.7 Å². The zero-order valence-electron chi connectivity index (χ0n) is 17.5. The molecular formula is C21H37N3O3. The summed E-state index contributed by atoms with van der Waals surface area (Å²) in [6.07, 6.45) is 3.75. The zero-order chi connectivity index (χ0) is 20.0. The molecule has 0 spiro atoms. The average Bonchev–Trinajstić information content (AvgIpc) is 2.67. The SMILES string of the molecule is CC(=O)N1CCN(CCNC(=O)[C@H]2CCCC[C@H]2C(=O)[C@@H](C)C(C)C)CC1. The van der Waals surface area contributed by atoms with E-state index in [1.165, 1.54) is 0 Å². The lowest BCUT2D eigenvalue weighted by molar-refractivity contribution is -0.138. The molecule has 3 atom stereocenters. The highest BCUT2D eigenvalue weighted by atomic mass is 16.2. The number of rotatable bonds is 7. The van der Waals surface area contributed by atoms with E-state index in [0.717, 1.165) is 58.4 Å². The Labute approximate surface area is 164 Å². The largest absolute Gasteiger partial charge is 0.355 e. The Morgan fingerprint density at radius 1 is 0.963 bits per heavy atom. The van der Waals surface area contributed by atoms with Crippen molar-refractivity contribution >= 4 is 17.6 Å². The van der Waals surface area contributed by atoms with Gasteiger partial charge in [0, 0.05) is 63.9 Å². The summed E-state index contributed by atoms with van der Waals surface area (Å²) in [6.45, 7) is 12.4. The van der Waals surface area contributed by atoms with E-state index < -0.39 is 0 Å². The number of Topliss-reactive ketones (excluding diaryl/α,β-unsaturated/α-hetero) is 1. The van der Waals surface area contributed by atoms with Crippen LogP contribution in [0.5, 0.6) is 0 Å². The number of amides is 2. The van der Waals surface area contributed by atoms with Crippen molar-refractivity contribution in [2.45, 2.75) is 53.4 Å². The molecule has 1 saturated carbocycles.